The first-order valence-corrected chi connectivity index (χ1v) is 8.64. The summed E-state index contributed by atoms with van der Waals surface area (Å²) in [5.74, 6) is 0. The number of aliphatic hydroxyl groups is 2. The number of ether oxygens (including phenoxy) is 1. The van der Waals surface area contributed by atoms with Gasteiger partial charge in [-0.1, -0.05) is 17.7 Å². The lowest BCUT2D eigenvalue weighted by Gasteiger charge is -2.45. The Morgan fingerprint density at radius 3 is 2.87 bits per heavy atom. The first-order chi connectivity index (χ1) is 11.0. The van der Waals surface area contributed by atoms with Crippen molar-refractivity contribution in [2.45, 2.75) is 38.8 Å². The Kier molecular flexibility index (Phi) is 6.86. The molecule has 1 aliphatic rings. The molecule has 2 rings (SSSR count). The van der Waals surface area contributed by atoms with Crippen LogP contribution in [0.3, 0.4) is 0 Å². The van der Waals surface area contributed by atoms with Gasteiger partial charge in [0.1, 0.15) is 0 Å². The Hall–Kier alpha value is -0.650. The van der Waals surface area contributed by atoms with Gasteiger partial charge in [-0.15, -0.1) is 0 Å². The average molecular weight is 342 g/mol. The van der Waals surface area contributed by atoms with Crippen molar-refractivity contribution in [3.8, 4) is 0 Å². The van der Waals surface area contributed by atoms with E-state index in [2.05, 4.69) is 17.9 Å². The normalized spacial score (nSPS) is 25.7. The quantitative estimate of drug-likeness (QED) is 0.749. The summed E-state index contributed by atoms with van der Waals surface area (Å²) in [7, 11) is 1.68. The molecule has 1 fully saturated rings. The van der Waals surface area contributed by atoms with Gasteiger partial charge in [0.2, 0.25) is 0 Å². The summed E-state index contributed by atoms with van der Waals surface area (Å²) < 4.78 is 5.12. The zero-order chi connectivity index (χ0) is 16.9. The van der Waals surface area contributed by atoms with Crippen molar-refractivity contribution in [3.63, 3.8) is 0 Å². The van der Waals surface area contributed by atoms with Gasteiger partial charge >= 0.3 is 0 Å². The molecule has 0 bridgehead atoms. The summed E-state index contributed by atoms with van der Waals surface area (Å²) in [5.41, 5.74) is 1.98. The number of hydrogen-bond acceptors (Lipinski definition) is 4. The topological polar surface area (TPSA) is 52.9 Å². The number of hydrogen-bond donors (Lipinski definition) is 2. The Bertz CT molecular complexity index is 511. The lowest BCUT2D eigenvalue weighted by molar-refractivity contribution is -0.0843. The van der Waals surface area contributed by atoms with Crippen molar-refractivity contribution in [3.05, 3.63) is 34.3 Å². The maximum Gasteiger partial charge on any atom is 0.0642 e. The fourth-order valence-electron chi connectivity index (χ4n) is 3.50. The summed E-state index contributed by atoms with van der Waals surface area (Å²) in [5, 5.41) is 21.1. The molecule has 2 atom stereocenters. The SMILES string of the molecule is COCCC[C@@]1(CO)CN(Cc2ccc(Cl)cc2C)CC[C@H]1O. The highest BCUT2D eigenvalue weighted by atomic mass is 35.5. The van der Waals surface area contributed by atoms with Crippen LogP contribution < -0.4 is 0 Å². The molecule has 0 unspecified atom stereocenters. The molecule has 1 aromatic carbocycles. The number of likely N-dealkylation sites (tertiary alicyclic amines) is 1. The van der Waals surface area contributed by atoms with E-state index < -0.39 is 11.5 Å². The largest absolute Gasteiger partial charge is 0.396 e. The van der Waals surface area contributed by atoms with Crippen LogP contribution in [0.1, 0.15) is 30.4 Å². The predicted molar refractivity (Wildman–Crippen MR) is 92.7 cm³/mol. The molecule has 1 heterocycles. The number of aryl methyl sites for hydroxylation is 1. The van der Waals surface area contributed by atoms with Crippen LogP contribution in [-0.4, -0.2) is 54.6 Å². The second-order valence-corrected chi connectivity index (χ2v) is 7.14. The molecule has 0 aromatic heterocycles. The number of methoxy groups -OCH3 is 1. The molecule has 0 spiro atoms. The van der Waals surface area contributed by atoms with E-state index in [1.807, 2.05) is 12.1 Å². The Morgan fingerprint density at radius 1 is 1.43 bits per heavy atom. The molecule has 1 saturated heterocycles. The zero-order valence-corrected chi connectivity index (χ0v) is 14.9. The third kappa shape index (κ3) is 4.68. The van der Waals surface area contributed by atoms with E-state index >= 15 is 0 Å². The molecule has 130 valence electrons. The number of piperidine rings is 1. The Morgan fingerprint density at radius 2 is 2.22 bits per heavy atom. The molecule has 23 heavy (non-hydrogen) atoms. The minimum absolute atomic E-state index is 0.00792. The van der Waals surface area contributed by atoms with Gasteiger partial charge in [-0.3, -0.25) is 4.90 Å². The van der Waals surface area contributed by atoms with Crippen LogP contribution in [0.2, 0.25) is 5.02 Å². The van der Waals surface area contributed by atoms with Crippen LogP contribution in [-0.2, 0) is 11.3 Å². The van der Waals surface area contributed by atoms with Crippen molar-refractivity contribution >= 4 is 11.6 Å². The second-order valence-electron chi connectivity index (χ2n) is 6.70. The summed E-state index contributed by atoms with van der Waals surface area (Å²) >= 11 is 6.03. The van der Waals surface area contributed by atoms with Crippen molar-refractivity contribution in [1.82, 2.24) is 4.90 Å². The number of halogens is 1. The number of nitrogens with zero attached hydrogens (tertiary/aromatic N) is 1. The van der Waals surface area contributed by atoms with E-state index in [0.717, 1.165) is 31.0 Å². The third-order valence-corrected chi connectivity index (χ3v) is 5.24. The van der Waals surface area contributed by atoms with Gasteiger partial charge in [-0.25, -0.2) is 0 Å². The summed E-state index contributed by atoms with van der Waals surface area (Å²) in [6, 6.07) is 5.96. The molecule has 0 aliphatic carbocycles. The van der Waals surface area contributed by atoms with Crippen LogP contribution >= 0.6 is 11.6 Å². The number of rotatable bonds is 7. The fourth-order valence-corrected chi connectivity index (χ4v) is 3.73. The highest BCUT2D eigenvalue weighted by molar-refractivity contribution is 6.30. The first-order valence-electron chi connectivity index (χ1n) is 8.26. The molecule has 1 aromatic rings. The molecular formula is C18H28ClNO3. The van der Waals surface area contributed by atoms with Crippen LogP contribution in [0.5, 0.6) is 0 Å². The molecule has 0 saturated carbocycles. The lowest BCUT2D eigenvalue weighted by atomic mass is 9.74. The van der Waals surface area contributed by atoms with Gasteiger partial charge in [-0.2, -0.15) is 0 Å². The van der Waals surface area contributed by atoms with Crippen molar-refractivity contribution in [2.24, 2.45) is 5.41 Å². The molecule has 2 N–H and O–H groups in total. The molecule has 0 radical (unpaired) electrons. The lowest BCUT2D eigenvalue weighted by Crippen LogP contribution is -2.53. The van der Waals surface area contributed by atoms with Gasteiger partial charge in [0, 0.05) is 43.8 Å². The summed E-state index contributed by atoms with van der Waals surface area (Å²) in [6.07, 6.45) is 1.86. The van der Waals surface area contributed by atoms with Gasteiger partial charge in [-0.05, 0) is 49.4 Å². The third-order valence-electron chi connectivity index (χ3n) is 5.00. The van der Waals surface area contributed by atoms with Gasteiger partial charge < -0.3 is 14.9 Å². The molecule has 4 nitrogen and oxygen atoms in total. The minimum Gasteiger partial charge on any atom is -0.396 e. The van der Waals surface area contributed by atoms with Gasteiger partial charge in [0.25, 0.3) is 0 Å². The van der Waals surface area contributed by atoms with Crippen LogP contribution in [0, 0.1) is 12.3 Å². The zero-order valence-electron chi connectivity index (χ0n) is 14.1. The Labute approximate surface area is 144 Å². The van der Waals surface area contributed by atoms with E-state index in [1.165, 1.54) is 11.1 Å². The Balaban J connectivity index is 2.06. The van der Waals surface area contributed by atoms with E-state index in [9.17, 15) is 10.2 Å². The van der Waals surface area contributed by atoms with Crippen molar-refractivity contribution in [1.29, 1.82) is 0 Å². The van der Waals surface area contributed by atoms with Crippen LogP contribution in [0.4, 0.5) is 0 Å². The highest BCUT2D eigenvalue weighted by Crippen LogP contribution is 2.35. The van der Waals surface area contributed by atoms with Gasteiger partial charge in [0.05, 0.1) is 12.7 Å². The molecular weight excluding hydrogens is 314 g/mol. The number of aliphatic hydroxyl groups excluding tert-OH is 2. The molecule has 1 aliphatic heterocycles. The van der Waals surface area contributed by atoms with Crippen molar-refractivity contribution in [2.75, 3.05) is 33.4 Å². The van der Waals surface area contributed by atoms with Crippen LogP contribution in [0.15, 0.2) is 18.2 Å². The first kappa shape index (κ1) is 18.7. The maximum absolute atomic E-state index is 10.4. The predicted octanol–water partition coefficient (Wildman–Crippen LogP) is 2.62. The van der Waals surface area contributed by atoms with E-state index in [4.69, 9.17) is 16.3 Å². The monoisotopic (exact) mass is 341 g/mol. The van der Waals surface area contributed by atoms with E-state index in [-0.39, 0.29) is 6.61 Å². The van der Waals surface area contributed by atoms with Crippen LogP contribution in [0.25, 0.3) is 0 Å². The van der Waals surface area contributed by atoms with E-state index in [1.54, 1.807) is 7.11 Å². The maximum atomic E-state index is 10.4. The fraction of sp³-hybridized carbons (Fsp3) is 0.667. The van der Waals surface area contributed by atoms with Gasteiger partial charge in [0.15, 0.2) is 0 Å². The van der Waals surface area contributed by atoms with E-state index in [0.29, 0.717) is 19.6 Å². The number of benzene rings is 1. The second kappa shape index (κ2) is 8.45. The standard InChI is InChI=1S/C18H28ClNO3/c1-14-10-16(19)5-4-15(14)11-20-8-6-17(22)18(12-20,13-21)7-3-9-23-2/h4-5,10,17,21-22H,3,6-9,11-13H2,1-2H3/t17-,18+/m1/s1. The smallest absolute Gasteiger partial charge is 0.0642 e. The summed E-state index contributed by atoms with van der Waals surface area (Å²) in [6.45, 7) is 5.10. The molecule has 5 heteroatoms. The summed E-state index contributed by atoms with van der Waals surface area (Å²) in [4.78, 5) is 2.33. The average Bonchev–Trinajstić information content (AvgIpc) is 2.53. The highest BCUT2D eigenvalue weighted by Gasteiger charge is 2.41. The molecule has 0 amide bonds. The minimum atomic E-state index is -0.452. The van der Waals surface area contributed by atoms with Crippen molar-refractivity contribution < 1.29 is 14.9 Å².